The van der Waals surface area contributed by atoms with E-state index in [0.717, 1.165) is 12.1 Å². The van der Waals surface area contributed by atoms with Crippen LogP contribution in [-0.4, -0.2) is 36.1 Å². The Morgan fingerprint density at radius 3 is 2.74 bits per heavy atom. The molecule has 2 N–H and O–H groups in total. The van der Waals surface area contributed by atoms with E-state index >= 15 is 0 Å². The van der Waals surface area contributed by atoms with Gasteiger partial charge in [0.2, 0.25) is 0 Å². The van der Waals surface area contributed by atoms with Gasteiger partial charge in [0.1, 0.15) is 23.1 Å². The summed E-state index contributed by atoms with van der Waals surface area (Å²) in [5.74, 6) is -1.52. The van der Waals surface area contributed by atoms with Crippen LogP contribution in [0.1, 0.15) is 16.9 Å². The van der Waals surface area contributed by atoms with Crippen molar-refractivity contribution in [2.75, 3.05) is 25.6 Å². The van der Waals surface area contributed by atoms with Crippen molar-refractivity contribution in [3.05, 3.63) is 47.9 Å². The van der Waals surface area contributed by atoms with E-state index in [2.05, 4.69) is 20.6 Å². The Kier molecular flexibility index (Phi) is 5.93. The lowest BCUT2D eigenvalue weighted by Crippen LogP contribution is -2.26. The number of aromatic nitrogens is 2. The smallest absolute Gasteiger partial charge is 0.271 e. The first-order valence-electron chi connectivity index (χ1n) is 6.91. The predicted octanol–water partition coefficient (Wildman–Crippen LogP) is 2.26. The zero-order chi connectivity index (χ0) is 16.7. The lowest BCUT2D eigenvalue weighted by Gasteiger charge is -2.07. The van der Waals surface area contributed by atoms with Gasteiger partial charge < -0.3 is 15.4 Å². The second-order valence-corrected chi connectivity index (χ2v) is 4.64. The molecule has 0 aliphatic rings. The molecule has 1 aromatic heterocycles. The highest BCUT2D eigenvalue weighted by atomic mass is 19.1. The number of nitrogens with one attached hydrogen (secondary N) is 2. The summed E-state index contributed by atoms with van der Waals surface area (Å²) in [6, 6.07) is 3.14. The molecule has 0 atom stereocenters. The van der Waals surface area contributed by atoms with Crippen molar-refractivity contribution in [2.45, 2.75) is 6.42 Å². The number of anilines is 2. The summed E-state index contributed by atoms with van der Waals surface area (Å²) in [6.07, 6.45) is 3.27. The second kappa shape index (κ2) is 8.14. The maximum absolute atomic E-state index is 13.5. The summed E-state index contributed by atoms with van der Waals surface area (Å²) in [7, 11) is 1.59. The molecule has 1 amide bonds. The Labute approximate surface area is 131 Å². The zero-order valence-corrected chi connectivity index (χ0v) is 12.5. The molecule has 0 saturated heterocycles. The van der Waals surface area contributed by atoms with Gasteiger partial charge in [0.05, 0.1) is 18.1 Å². The molecule has 0 fully saturated rings. The van der Waals surface area contributed by atoms with E-state index in [0.29, 0.717) is 19.6 Å². The van der Waals surface area contributed by atoms with Crippen LogP contribution in [0.25, 0.3) is 0 Å². The highest BCUT2D eigenvalue weighted by Gasteiger charge is 2.09. The maximum atomic E-state index is 13.5. The first kappa shape index (κ1) is 16.8. The first-order chi connectivity index (χ1) is 11.1. The number of amides is 1. The quantitative estimate of drug-likeness (QED) is 0.765. The summed E-state index contributed by atoms with van der Waals surface area (Å²) >= 11 is 0. The zero-order valence-electron chi connectivity index (χ0n) is 12.5. The molecule has 2 rings (SSSR count). The average Bonchev–Trinajstić information content (AvgIpc) is 2.55. The summed E-state index contributed by atoms with van der Waals surface area (Å²) in [5.41, 5.74) is 0.213. The van der Waals surface area contributed by atoms with Crippen LogP contribution in [0.3, 0.4) is 0 Å². The Balaban J connectivity index is 1.95. The molecule has 0 radical (unpaired) electrons. The minimum Gasteiger partial charge on any atom is -0.385 e. The molecule has 1 heterocycles. The van der Waals surface area contributed by atoms with Crippen molar-refractivity contribution in [1.29, 1.82) is 0 Å². The fraction of sp³-hybridized carbons (Fsp3) is 0.267. The van der Waals surface area contributed by atoms with E-state index in [1.807, 2.05) is 0 Å². The van der Waals surface area contributed by atoms with Crippen LogP contribution >= 0.6 is 0 Å². The number of rotatable bonds is 7. The van der Waals surface area contributed by atoms with E-state index in [1.54, 1.807) is 7.11 Å². The molecule has 6 nitrogen and oxygen atoms in total. The van der Waals surface area contributed by atoms with Gasteiger partial charge in [-0.3, -0.25) is 4.79 Å². The number of hydrogen-bond donors (Lipinski definition) is 2. The fourth-order valence-electron chi connectivity index (χ4n) is 1.75. The number of ether oxygens (including phenoxy) is 1. The van der Waals surface area contributed by atoms with Crippen LogP contribution in [0, 0.1) is 11.6 Å². The first-order valence-corrected chi connectivity index (χ1v) is 6.91. The Morgan fingerprint density at radius 2 is 2.09 bits per heavy atom. The predicted molar refractivity (Wildman–Crippen MR) is 80.5 cm³/mol. The molecular formula is C15H16F2N4O2. The minimum atomic E-state index is -0.744. The van der Waals surface area contributed by atoms with Crippen LogP contribution in [0.15, 0.2) is 30.6 Å². The lowest BCUT2D eigenvalue weighted by atomic mass is 10.3. The number of halogens is 2. The Morgan fingerprint density at radius 1 is 1.26 bits per heavy atom. The molecule has 0 aliphatic carbocycles. The third kappa shape index (κ3) is 4.96. The largest absolute Gasteiger partial charge is 0.385 e. The van der Waals surface area contributed by atoms with Gasteiger partial charge in [-0.15, -0.1) is 0 Å². The van der Waals surface area contributed by atoms with Gasteiger partial charge in [-0.05, 0) is 18.6 Å². The normalized spacial score (nSPS) is 10.4. The number of hydrogen-bond acceptors (Lipinski definition) is 5. The molecule has 0 spiro atoms. The third-order valence-corrected chi connectivity index (χ3v) is 2.89. The summed E-state index contributed by atoms with van der Waals surface area (Å²) in [4.78, 5) is 19.7. The number of methoxy groups -OCH3 is 1. The Bertz CT molecular complexity index is 665. The molecule has 2 aromatic rings. The van der Waals surface area contributed by atoms with Crippen LogP contribution < -0.4 is 10.6 Å². The van der Waals surface area contributed by atoms with Gasteiger partial charge in [0, 0.05) is 26.3 Å². The number of nitrogens with zero attached hydrogens (tertiary/aromatic N) is 2. The highest BCUT2D eigenvalue weighted by Crippen LogP contribution is 2.18. The lowest BCUT2D eigenvalue weighted by molar-refractivity contribution is 0.0943. The van der Waals surface area contributed by atoms with Crippen LogP contribution in [-0.2, 0) is 4.74 Å². The standard InChI is InChI=1S/C15H16F2N4O2/c1-23-6-2-5-18-15(22)13-8-20-14(9-19-13)21-12-4-3-10(16)7-11(12)17/h3-4,7-9H,2,5-6H2,1H3,(H,18,22)(H,20,21). The summed E-state index contributed by atoms with van der Waals surface area (Å²) in [6.45, 7) is 1.02. The van der Waals surface area contributed by atoms with Crippen molar-refractivity contribution in [2.24, 2.45) is 0 Å². The van der Waals surface area contributed by atoms with Gasteiger partial charge in [-0.2, -0.15) is 0 Å². The van der Waals surface area contributed by atoms with Gasteiger partial charge in [0.15, 0.2) is 0 Å². The molecular weight excluding hydrogens is 306 g/mol. The number of benzene rings is 1. The van der Waals surface area contributed by atoms with Crippen molar-refractivity contribution < 1.29 is 18.3 Å². The van der Waals surface area contributed by atoms with Gasteiger partial charge in [-0.25, -0.2) is 18.7 Å². The fourth-order valence-corrected chi connectivity index (χ4v) is 1.75. The van der Waals surface area contributed by atoms with Crippen molar-refractivity contribution in [1.82, 2.24) is 15.3 Å². The van der Waals surface area contributed by atoms with E-state index in [1.165, 1.54) is 18.5 Å². The van der Waals surface area contributed by atoms with E-state index in [-0.39, 0.29) is 23.1 Å². The molecule has 0 bridgehead atoms. The highest BCUT2D eigenvalue weighted by molar-refractivity contribution is 5.92. The van der Waals surface area contributed by atoms with Crippen molar-refractivity contribution in [3.63, 3.8) is 0 Å². The second-order valence-electron chi connectivity index (χ2n) is 4.64. The number of carbonyl (C=O) groups is 1. The van der Waals surface area contributed by atoms with Gasteiger partial charge >= 0.3 is 0 Å². The molecule has 0 aliphatic heterocycles. The Hall–Kier alpha value is -2.61. The van der Waals surface area contributed by atoms with Gasteiger partial charge in [-0.1, -0.05) is 0 Å². The van der Waals surface area contributed by atoms with Crippen LogP contribution in [0.4, 0.5) is 20.3 Å². The monoisotopic (exact) mass is 322 g/mol. The average molecular weight is 322 g/mol. The van der Waals surface area contributed by atoms with Crippen LogP contribution in [0.5, 0.6) is 0 Å². The SMILES string of the molecule is COCCCNC(=O)c1cnc(Nc2ccc(F)cc2F)cn1. The summed E-state index contributed by atoms with van der Waals surface area (Å²) < 4.78 is 31.2. The molecule has 1 aromatic carbocycles. The molecule has 0 unspecified atom stereocenters. The maximum Gasteiger partial charge on any atom is 0.271 e. The summed E-state index contributed by atoms with van der Waals surface area (Å²) in [5, 5.41) is 5.34. The van der Waals surface area contributed by atoms with E-state index < -0.39 is 11.6 Å². The van der Waals surface area contributed by atoms with E-state index in [9.17, 15) is 13.6 Å². The number of carbonyl (C=O) groups excluding carboxylic acids is 1. The molecule has 8 heteroatoms. The van der Waals surface area contributed by atoms with Crippen LogP contribution in [0.2, 0.25) is 0 Å². The van der Waals surface area contributed by atoms with Crippen molar-refractivity contribution in [3.8, 4) is 0 Å². The van der Waals surface area contributed by atoms with Gasteiger partial charge in [0.25, 0.3) is 5.91 Å². The molecule has 122 valence electrons. The topological polar surface area (TPSA) is 76.1 Å². The van der Waals surface area contributed by atoms with E-state index in [4.69, 9.17) is 4.74 Å². The third-order valence-electron chi connectivity index (χ3n) is 2.89. The van der Waals surface area contributed by atoms with Crippen molar-refractivity contribution >= 4 is 17.4 Å². The molecule has 23 heavy (non-hydrogen) atoms. The minimum absolute atomic E-state index is 0.0671. The molecule has 0 saturated carbocycles.